The van der Waals surface area contributed by atoms with Crippen LogP contribution in [0.3, 0.4) is 0 Å². The van der Waals surface area contributed by atoms with E-state index >= 15 is 0 Å². The minimum atomic E-state index is -4.16. The van der Waals surface area contributed by atoms with Crippen LogP contribution >= 0.6 is 0 Å². The van der Waals surface area contributed by atoms with Gasteiger partial charge in [-0.3, -0.25) is 19.2 Å². The minimum absolute atomic E-state index is 0.00830. The molecule has 0 heterocycles. The summed E-state index contributed by atoms with van der Waals surface area (Å²) in [6.07, 6.45) is 5.04. The van der Waals surface area contributed by atoms with Gasteiger partial charge in [-0.15, -0.1) is 0 Å². The molecule has 0 saturated carbocycles. The lowest BCUT2D eigenvalue weighted by Crippen LogP contribution is -2.42. The van der Waals surface area contributed by atoms with Crippen molar-refractivity contribution in [3.05, 3.63) is 99.6 Å². The molecule has 8 nitrogen and oxygen atoms in total. The van der Waals surface area contributed by atoms with Crippen LogP contribution < -0.4 is 9.62 Å². The number of benzene rings is 3. The first kappa shape index (κ1) is 25.4. The lowest BCUT2D eigenvalue weighted by atomic mass is 9.89. The van der Waals surface area contributed by atoms with E-state index in [-0.39, 0.29) is 22.3 Å². The van der Waals surface area contributed by atoms with Crippen LogP contribution in [-0.2, 0) is 27.7 Å². The van der Waals surface area contributed by atoms with Crippen molar-refractivity contribution in [2.24, 2.45) is 0 Å². The molecule has 1 aliphatic carbocycles. The smallest absolute Gasteiger partial charge is 0.271 e. The highest BCUT2D eigenvalue weighted by Gasteiger charge is 2.29. The van der Waals surface area contributed by atoms with E-state index in [9.17, 15) is 23.3 Å². The normalized spacial score (nSPS) is 13.9. The number of fused-ring (bicyclic) bond motifs is 1. The first-order chi connectivity index (χ1) is 17.3. The van der Waals surface area contributed by atoms with Crippen molar-refractivity contribution in [3.8, 4) is 0 Å². The zero-order chi connectivity index (χ0) is 25.7. The molecule has 4 rings (SSSR count). The summed E-state index contributed by atoms with van der Waals surface area (Å²) in [5, 5.41) is 14.3. The number of non-ortho nitro benzene ring substituents is 1. The van der Waals surface area contributed by atoms with Crippen molar-refractivity contribution in [1.82, 2.24) is 5.32 Å². The summed E-state index contributed by atoms with van der Waals surface area (Å²) in [5.74, 6) is -0.495. The van der Waals surface area contributed by atoms with Gasteiger partial charge in [0.1, 0.15) is 6.54 Å². The maximum Gasteiger partial charge on any atom is 0.271 e. The van der Waals surface area contributed by atoms with Gasteiger partial charge in [-0.2, -0.15) is 0 Å². The van der Waals surface area contributed by atoms with Crippen LogP contribution in [0.1, 0.15) is 48.9 Å². The first-order valence-corrected chi connectivity index (χ1v) is 13.5. The molecule has 0 saturated heterocycles. The Bertz CT molecular complexity index is 1360. The van der Waals surface area contributed by atoms with Gasteiger partial charge in [-0.1, -0.05) is 49.4 Å². The molecule has 1 amide bonds. The van der Waals surface area contributed by atoms with Crippen molar-refractivity contribution < 1.29 is 18.1 Å². The molecule has 0 radical (unpaired) electrons. The van der Waals surface area contributed by atoms with Gasteiger partial charge in [-0.05, 0) is 67.0 Å². The van der Waals surface area contributed by atoms with Gasteiger partial charge in [-0.25, -0.2) is 8.42 Å². The second-order valence-electron chi connectivity index (χ2n) is 8.87. The molecule has 1 N–H and O–H groups in total. The first-order valence-electron chi connectivity index (χ1n) is 12.0. The molecule has 3 aromatic rings. The molecule has 0 fully saturated rings. The molecule has 0 bridgehead atoms. The van der Waals surface area contributed by atoms with E-state index in [1.165, 1.54) is 47.9 Å². The zero-order valence-corrected chi connectivity index (χ0v) is 20.9. The summed E-state index contributed by atoms with van der Waals surface area (Å²) in [7, 11) is -4.16. The molecule has 1 aliphatic rings. The molecule has 3 aromatic carbocycles. The average molecular weight is 508 g/mol. The number of hydrogen-bond donors (Lipinski definition) is 1. The summed E-state index contributed by atoms with van der Waals surface area (Å²) in [6, 6.07) is 19.0. The van der Waals surface area contributed by atoms with Crippen LogP contribution in [-0.4, -0.2) is 25.8 Å². The third-order valence-corrected chi connectivity index (χ3v) is 8.25. The number of aryl methyl sites for hydroxylation is 2. The number of nitro benzene ring substituents is 1. The maximum atomic E-state index is 13.5. The molecule has 0 spiro atoms. The Balaban J connectivity index is 1.62. The van der Waals surface area contributed by atoms with Gasteiger partial charge in [0.15, 0.2) is 0 Å². The maximum absolute atomic E-state index is 13.5. The van der Waals surface area contributed by atoms with E-state index in [2.05, 4.69) is 17.4 Å². The van der Waals surface area contributed by atoms with Gasteiger partial charge >= 0.3 is 0 Å². The third-order valence-electron chi connectivity index (χ3n) is 6.47. The quantitative estimate of drug-likeness (QED) is 0.326. The van der Waals surface area contributed by atoms with E-state index < -0.39 is 27.4 Å². The summed E-state index contributed by atoms with van der Waals surface area (Å²) in [5.41, 5.74) is 3.42. The van der Waals surface area contributed by atoms with Crippen LogP contribution in [0.25, 0.3) is 0 Å². The fourth-order valence-electron chi connectivity index (χ4n) is 4.56. The summed E-state index contributed by atoms with van der Waals surface area (Å²) in [4.78, 5) is 23.9. The SMILES string of the molecule is CCC(NC(=O)CN(c1cccc([N+](=O)[O-])c1)S(=O)(=O)c1ccccc1)c1ccc2c(c1)CCCC2. The number of amides is 1. The van der Waals surface area contributed by atoms with Crippen molar-refractivity contribution in [1.29, 1.82) is 0 Å². The average Bonchev–Trinajstić information content (AvgIpc) is 2.90. The molecule has 0 aromatic heterocycles. The summed E-state index contributed by atoms with van der Waals surface area (Å²) in [6.45, 7) is 1.45. The molecular weight excluding hydrogens is 478 g/mol. The molecule has 188 valence electrons. The third kappa shape index (κ3) is 5.57. The number of nitrogens with zero attached hydrogens (tertiary/aromatic N) is 2. The van der Waals surface area contributed by atoms with Crippen LogP contribution in [0.5, 0.6) is 0 Å². The van der Waals surface area contributed by atoms with Gasteiger partial charge in [0.25, 0.3) is 15.7 Å². The Morgan fingerprint density at radius 3 is 2.42 bits per heavy atom. The van der Waals surface area contributed by atoms with Crippen molar-refractivity contribution in [2.75, 3.05) is 10.8 Å². The van der Waals surface area contributed by atoms with Gasteiger partial charge < -0.3 is 5.32 Å². The highest BCUT2D eigenvalue weighted by molar-refractivity contribution is 7.92. The Morgan fingerprint density at radius 2 is 1.72 bits per heavy atom. The molecule has 36 heavy (non-hydrogen) atoms. The number of hydrogen-bond acceptors (Lipinski definition) is 5. The number of carbonyl (C=O) groups is 1. The van der Waals surface area contributed by atoms with Crippen molar-refractivity contribution >= 4 is 27.3 Å². The Labute approximate surface area is 211 Å². The molecule has 9 heteroatoms. The molecular formula is C27H29N3O5S. The summed E-state index contributed by atoms with van der Waals surface area (Å²) >= 11 is 0. The number of nitro groups is 1. The number of anilines is 1. The highest BCUT2D eigenvalue weighted by atomic mass is 32.2. The lowest BCUT2D eigenvalue weighted by molar-refractivity contribution is -0.384. The second kappa shape index (κ2) is 10.9. The monoisotopic (exact) mass is 507 g/mol. The van der Waals surface area contributed by atoms with Crippen molar-refractivity contribution in [3.63, 3.8) is 0 Å². The number of rotatable bonds is 9. The number of nitrogens with one attached hydrogen (secondary N) is 1. The van der Waals surface area contributed by atoms with Crippen LogP contribution in [0.4, 0.5) is 11.4 Å². The topological polar surface area (TPSA) is 110 Å². The highest BCUT2D eigenvalue weighted by Crippen LogP contribution is 2.28. The largest absolute Gasteiger partial charge is 0.348 e. The molecule has 1 unspecified atom stereocenters. The van der Waals surface area contributed by atoms with E-state index in [0.717, 1.165) is 35.2 Å². The van der Waals surface area contributed by atoms with E-state index in [4.69, 9.17) is 0 Å². The fourth-order valence-corrected chi connectivity index (χ4v) is 5.99. The fraction of sp³-hybridized carbons (Fsp3) is 0.296. The van der Waals surface area contributed by atoms with Gasteiger partial charge in [0, 0.05) is 12.1 Å². The lowest BCUT2D eigenvalue weighted by Gasteiger charge is -2.26. The predicted octanol–water partition coefficient (Wildman–Crippen LogP) is 4.94. The molecule has 0 aliphatic heterocycles. The van der Waals surface area contributed by atoms with E-state index in [0.29, 0.717) is 6.42 Å². The van der Waals surface area contributed by atoms with Gasteiger partial charge in [0.2, 0.25) is 5.91 Å². The zero-order valence-electron chi connectivity index (χ0n) is 20.1. The summed E-state index contributed by atoms with van der Waals surface area (Å²) < 4.78 is 27.9. The Kier molecular flexibility index (Phi) is 7.69. The minimum Gasteiger partial charge on any atom is -0.348 e. The Morgan fingerprint density at radius 1 is 1.00 bits per heavy atom. The van der Waals surface area contributed by atoms with Crippen LogP contribution in [0.2, 0.25) is 0 Å². The number of carbonyl (C=O) groups excluding carboxylic acids is 1. The van der Waals surface area contributed by atoms with Gasteiger partial charge in [0.05, 0.1) is 21.5 Å². The van der Waals surface area contributed by atoms with Crippen LogP contribution in [0.15, 0.2) is 77.7 Å². The molecule has 1 atom stereocenters. The van der Waals surface area contributed by atoms with Crippen LogP contribution in [0, 0.1) is 10.1 Å². The van der Waals surface area contributed by atoms with Crippen molar-refractivity contribution in [2.45, 2.75) is 50.0 Å². The van der Waals surface area contributed by atoms with E-state index in [1.807, 2.05) is 13.0 Å². The van der Waals surface area contributed by atoms with E-state index in [1.54, 1.807) is 18.2 Å². The Hall–Kier alpha value is -3.72. The predicted molar refractivity (Wildman–Crippen MR) is 138 cm³/mol. The second-order valence-corrected chi connectivity index (χ2v) is 10.7. The number of sulfonamides is 1. The standard InChI is InChI=1S/C27H29N3O5S/c1-2-26(22-16-15-20-9-6-7-10-21(20)17-22)28-27(31)19-29(23-11-8-12-24(18-23)30(32)33)36(34,35)25-13-4-3-5-14-25/h3-5,8,11-18,26H,2,6-7,9-10,19H2,1H3,(H,28,31).